The minimum atomic E-state index is -2.34. The zero-order valence-corrected chi connectivity index (χ0v) is 7.82. The molecule has 0 unspecified atom stereocenters. The second-order valence-corrected chi connectivity index (χ2v) is 5.22. The highest BCUT2D eigenvalue weighted by atomic mass is 32.3. The van der Waals surface area contributed by atoms with Crippen LogP contribution in [-0.2, 0) is 0 Å². The van der Waals surface area contributed by atoms with Crippen molar-refractivity contribution in [2.75, 3.05) is 7.05 Å². The molecule has 0 fully saturated rings. The molecule has 5 nitrogen and oxygen atoms in total. The number of urea groups is 1. The number of nitrogens with two attached hydrogens (primary N) is 1. The number of allylic oxidation sites excluding steroid dienone is 2. The fourth-order valence-electron chi connectivity index (χ4n) is 0.941. The monoisotopic (exact) mass is 202 g/mol. The van der Waals surface area contributed by atoms with E-state index in [0.29, 0.717) is 0 Å². The molecule has 3 N–H and O–H groups in total. The normalized spacial score (nSPS) is 19.8. The lowest BCUT2D eigenvalue weighted by Gasteiger charge is -2.34. The van der Waals surface area contributed by atoms with Gasteiger partial charge in [0.1, 0.15) is 0 Å². The number of nitrogens with zero attached hydrogens (tertiary/aromatic N) is 1. The Kier molecular flexibility index (Phi) is 2.33. The molecular formula is C7H10N2O3S. The Bertz CT molecular complexity index is 299. The van der Waals surface area contributed by atoms with Gasteiger partial charge in [-0.1, -0.05) is 12.2 Å². The molecule has 1 rings (SSSR count). The topological polar surface area (TPSA) is 83.6 Å². The van der Waals surface area contributed by atoms with Crippen molar-refractivity contribution in [1.82, 2.24) is 4.31 Å². The smallest absolute Gasteiger partial charge is 0.371 e. The Balaban J connectivity index is 3.06. The van der Waals surface area contributed by atoms with Crippen molar-refractivity contribution >= 4 is 21.5 Å². The highest BCUT2D eigenvalue weighted by molar-refractivity contribution is 8.47. The Morgan fingerprint density at radius 1 is 1.38 bits per heavy atom. The zero-order chi connectivity index (χ0) is 10.1. The SMILES string of the molecule is CN(C(N)=O)S1(C(=O)O)C=CC=C1. The highest BCUT2D eigenvalue weighted by Crippen LogP contribution is 2.56. The zero-order valence-electron chi connectivity index (χ0n) is 7.01. The molecule has 0 spiro atoms. The van der Waals surface area contributed by atoms with E-state index in [4.69, 9.17) is 10.8 Å². The molecule has 1 heterocycles. The van der Waals surface area contributed by atoms with E-state index in [1.807, 2.05) is 0 Å². The van der Waals surface area contributed by atoms with Crippen LogP contribution in [0.2, 0.25) is 0 Å². The fraction of sp³-hybridized carbons (Fsp3) is 0.143. The average Bonchev–Trinajstić information content (AvgIpc) is 2.51. The van der Waals surface area contributed by atoms with Gasteiger partial charge in [-0.15, -0.1) is 0 Å². The molecule has 0 saturated heterocycles. The van der Waals surface area contributed by atoms with E-state index in [-0.39, 0.29) is 0 Å². The lowest BCUT2D eigenvalue weighted by molar-refractivity contribution is 0.218. The molecule has 0 bridgehead atoms. The first-order valence-electron chi connectivity index (χ1n) is 3.45. The summed E-state index contributed by atoms with van der Waals surface area (Å²) in [5.74, 6) is 0. The molecule has 2 amide bonds. The van der Waals surface area contributed by atoms with E-state index < -0.39 is 21.5 Å². The first kappa shape index (κ1) is 9.66. The van der Waals surface area contributed by atoms with Crippen LogP contribution in [0.25, 0.3) is 0 Å². The van der Waals surface area contributed by atoms with Gasteiger partial charge in [0.05, 0.1) is 0 Å². The van der Waals surface area contributed by atoms with Crippen LogP contribution in [0, 0.1) is 0 Å². The van der Waals surface area contributed by atoms with E-state index in [0.717, 1.165) is 4.31 Å². The van der Waals surface area contributed by atoms with Gasteiger partial charge in [0.25, 0.3) is 0 Å². The van der Waals surface area contributed by atoms with Crippen LogP contribution in [0.1, 0.15) is 0 Å². The van der Waals surface area contributed by atoms with E-state index >= 15 is 0 Å². The quantitative estimate of drug-likeness (QED) is 0.623. The summed E-state index contributed by atoms with van der Waals surface area (Å²) in [6, 6.07) is -0.742. The third-order valence-corrected chi connectivity index (χ3v) is 4.52. The van der Waals surface area contributed by atoms with Crippen LogP contribution in [0.5, 0.6) is 0 Å². The molecule has 0 saturated carbocycles. The van der Waals surface area contributed by atoms with Crippen LogP contribution in [-0.4, -0.2) is 27.8 Å². The Hall–Kier alpha value is -1.43. The molecule has 0 aromatic heterocycles. The van der Waals surface area contributed by atoms with Crippen molar-refractivity contribution in [3.8, 4) is 0 Å². The molecule has 1 aliphatic rings. The van der Waals surface area contributed by atoms with Crippen LogP contribution in [0.4, 0.5) is 9.59 Å². The summed E-state index contributed by atoms with van der Waals surface area (Å²) in [6.45, 7) is 0. The molecular weight excluding hydrogens is 192 g/mol. The summed E-state index contributed by atoms with van der Waals surface area (Å²) in [4.78, 5) is 21.8. The van der Waals surface area contributed by atoms with Crippen LogP contribution in [0.3, 0.4) is 0 Å². The summed E-state index contributed by atoms with van der Waals surface area (Å²) < 4.78 is 1.05. The van der Waals surface area contributed by atoms with Crippen LogP contribution in [0.15, 0.2) is 23.0 Å². The fourth-order valence-corrected chi connectivity index (χ4v) is 2.82. The Morgan fingerprint density at radius 2 is 1.85 bits per heavy atom. The lowest BCUT2D eigenvalue weighted by atomic mass is 10.6. The van der Waals surface area contributed by atoms with Crippen molar-refractivity contribution in [3.63, 3.8) is 0 Å². The summed E-state index contributed by atoms with van der Waals surface area (Å²) >= 11 is 0. The summed E-state index contributed by atoms with van der Waals surface area (Å²) in [6.07, 6.45) is 3.20. The average molecular weight is 202 g/mol. The highest BCUT2D eigenvalue weighted by Gasteiger charge is 2.35. The van der Waals surface area contributed by atoms with Gasteiger partial charge in [0.15, 0.2) is 0 Å². The van der Waals surface area contributed by atoms with Crippen molar-refractivity contribution in [3.05, 3.63) is 23.0 Å². The van der Waals surface area contributed by atoms with Crippen LogP contribution < -0.4 is 5.73 Å². The number of hydrogen-bond acceptors (Lipinski definition) is 2. The maximum absolute atomic E-state index is 11.0. The number of primary amides is 1. The molecule has 0 aromatic rings. The standard InChI is InChI=1S/C7H10N2O3S/c1-9(6(8)10)13(7(11)12)4-2-3-5-13/h2-5H,1H3,(H2,8,10)(H,11,12). The number of carboxylic acid groups (broad SMARTS) is 1. The first-order chi connectivity index (χ1) is 6.00. The maximum atomic E-state index is 11.0. The summed E-state index contributed by atoms with van der Waals surface area (Å²) in [5.41, 5.74) is 5.02. The van der Waals surface area contributed by atoms with Gasteiger partial charge in [-0.05, 0) is 21.0 Å². The Labute approximate surface area is 77.0 Å². The molecule has 0 aromatic carbocycles. The van der Waals surface area contributed by atoms with Crippen molar-refractivity contribution in [2.24, 2.45) is 5.73 Å². The minimum absolute atomic E-state index is 0.742. The van der Waals surface area contributed by atoms with E-state index in [1.54, 1.807) is 12.2 Å². The van der Waals surface area contributed by atoms with Gasteiger partial charge < -0.3 is 10.8 Å². The third kappa shape index (κ3) is 1.40. The molecule has 0 aliphatic carbocycles. The minimum Gasteiger partial charge on any atom is -0.473 e. The molecule has 72 valence electrons. The summed E-state index contributed by atoms with van der Waals surface area (Å²) in [7, 11) is -0.961. The number of rotatable bonds is 0. The van der Waals surface area contributed by atoms with E-state index in [9.17, 15) is 9.59 Å². The van der Waals surface area contributed by atoms with E-state index in [1.165, 1.54) is 17.9 Å². The van der Waals surface area contributed by atoms with Gasteiger partial charge in [-0.2, -0.15) is 0 Å². The van der Waals surface area contributed by atoms with E-state index in [2.05, 4.69) is 0 Å². The second kappa shape index (κ2) is 3.14. The number of carbonyl (C=O) groups is 2. The van der Waals surface area contributed by atoms with Crippen molar-refractivity contribution in [1.29, 1.82) is 0 Å². The predicted molar refractivity (Wildman–Crippen MR) is 51.2 cm³/mol. The summed E-state index contributed by atoms with van der Waals surface area (Å²) in [5, 5.41) is 10.9. The maximum Gasteiger partial charge on any atom is 0.371 e. The molecule has 13 heavy (non-hydrogen) atoms. The lowest BCUT2D eigenvalue weighted by Crippen LogP contribution is -2.35. The van der Waals surface area contributed by atoms with Gasteiger partial charge in [0.2, 0.25) is 0 Å². The predicted octanol–water partition coefficient (Wildman–Crippen LogP) is 1.44. The molecule has 0 radical (unpaired) electrons. The van der Waals surface area contributed by atoms with Crippen LogP contribution >= 0.6 is 10.2 Å². The second-order valence-electron chi connectivity index (χ2n) is 2.43. The largest absolute Gasteiger partial charge is 0.473 e. The molecule has 0 atom stereocenters. The van der Waals surface area contributed by atoms with Gasteiger partial charge >= 0.3 is 11.3 Å². The Morgan fingerprint density at radius 3 is 2.15 bits per heavy atom. The number of amides is 2. The van der Waals surface area contributed by atoms with Gasteiger partial charge in [-0.25, -0.2) is 9.59 Å². The van der Waals surface area contributed by atoms with Crippen molar-refractivity contribution in [2.45, 2.75) is 0 Å². The first-order valence-corrected chi connectivity index (χ1v) is 5.17. The number of hydrogen-bond donors (Lipinski definition) is 2. The van der Waals surface area contributed by atoms with Crippen molar-refractivity contribution < 1.29 is 14.7 Å². The third-order valence-electron chi connectivity index (χ3n) is 1.73. The molecule has 6 heteroatoms. The molecule has 1 aliphatic heterocycles. The van der Waals surface area contributed by atoms with Gasteiger partial charge in [-0.3, -0.25) is 4.31 Å². The van der Waals surface area contributed by atoms with Gasteiger partial charge in [0, 0.05) is 7.05 Å². The number of carbonyl (C=O) groups excluding carboxylic acids is 1.